The van der Waals surface area contributed by atoms with E-state index >= 15 is 0 Å². The van der Waals surface area contributed by atoms with E-state index in [-0.39, 0.29) is 30.4 Å². The van der Waals surface area contributed by atoms with Gasteiger partial charge in [-0.25, -0.2) is 12.7 Å². The Morgan fingerprint density at radius 1 is 1.03 bits per heavy atom. The molecule has 2 saturated heterocycles. The molecule has 0 saturated carbocycles. The van der Waals surface area contributed by atoms with Crippen molar-refractivity contribution >= 4 is 10.0 Å². The lowest BCUT2D eigenvalue weighted by atomic mass is 9.74. The van der Waals surface area contributed by atoms with Gasteiger partial charge in [0.2, 0.25) is 10.0 Å². The lowest BCUT2D eigenvalue weighted by molar-refractivity contribution is -0.0554. The van der Waals surface area contributed by atoms with Gasteiger partial charge < -0.3 is 5.11 Å². The summed E-state index contributed by atoms with van der Waals surface area (Å²) in [7, 11) is -3.42. The first-order chi connectivity index (χ1) is 15.9. The molecule has 0 amide bonds. The molecule has 5 nitrogen and oxygen atoms in total. The highest BCUT2D eigenvalue weighted by atomic mass is 32.2. The smallest absolute Gasteiger partial charge is 0.218 e. The minimum absolute atomic E-state index is 0.0257. The van der Waals surface area contributed by atoms with Crippen LogP contribution in [0.15, 0.2) is 54.6 Å². The molecule has 2 aromatic rings. The maximum atomic E-state index is 13.3. The number of sulfonamides is 1. The molecule has 33 heavy (non-hydrogen) atoms. The Hall–Kier alpha value is -2.17. The molecule has 2 heterocycles. The normalized spacial score (nSPS) is 24.2. The van der Waals surface area contributed by atoms with Crippen LogP contribution in [0.1, 0.15) is 49.3 Å². The summed E-state index contributed by atoms with van der Waals surface area (Å²) < 4.78 is 28.3. The predicted molar refractivity (Wildman–Crippen MR) is 132 cm³/mol. The van der Waals surface area contributed by atoms with Gasteiger partial charge in [-0.05, 0) is 42.6 Å². The van der Waals surface area contributed by atoms with Crippen LogP contribution in [0.2, 0.25) is 0 Å². The van der Waals surface area contributed by atoms with E-state index in [1.807, 2.05) is 42.5 Å². The molecule has 6 heteroatoms. The Labute approximate surface area is 198 Å². The number of hydrogen-bond acceptors (Lipinski definition) is 4. The Kier molecular flexibility index (Phi) is 7.55. The number of aliphatic hydroxyl groups is 1. The summed E-state index contributed by atoms with van der Waals surface area (Å²) in [6.45, 7) is 6.14. The molecule has 0 aliphatic carbocycles. The first-order valence-electron chi connectivity index (χ1n) is 11.9. The maximum absolute atomic E-state index is 13.3. The highest BCUT2D eigenvalue weighted by Gasteiger charge is 2.50. The molecule has 4 rings (SSSR count). The minimum Gasteiger partial charge on any atom is -0.395 e. The highest BCUT2D eigenvalue weighted by Crippen LogP contribution is 2.42. The fourth-order valence-electron chi connectivity index (χ4n) is 5.05. The molecule has 176 valence electrons. The zero-order valence-electron chi connectivity index (χ0n) is 19.5. The van der Waals surface area contributed by atoms with Crippen LogP contribution in [0.4, 0.5) is 0 Å². The molecule has 2 aliphatic heterocycles. The fourth-order valence-corrected chi connectivity index (χ4v) is 6.64. The molecule has 0 radical (unpaired) electrons. The van der Waals surface area contributed by atoms with Crippen LogP contribution in [0.3, 0.4) is 0 Å². The van der Waals surface area contributed by atoms with Crippen LogP contribution in [-0.4, -0.2) is 61.1 Å². The third-order valence-corrected chi connectivity index (χ3v) is 8.54. The van der Waals surface area contributed by atoms with Crippen molar-refractivity contribution in [2.75, 3.05) is 26.2 Å². The second-order valence-electron chi connectivity index (χ2n) is 9.43. The number of aliphatic hydroxyl groups excluding tert-OH is 1. The van der Waals surface area contributed by atoms with Crippen molar-refractivity contribution in [1.82, 2.24) is 9.21 Å². The van der Waals surface area contributed by atoms with Gasteiger partial charge in [0.25, 0.3) is 0 Å². The topological polar surface area (TPSA) is 60.9 Å². The van der Waals surface area contributed by atoms with Gasteiger partial charge in [-0.1, -0.05) is 68.2 Å². The molecular weight excluding hydrogens is 432 g/mol. The average molecular weight is 467 g/mol. The predicted octanol–water partition coefficient (Wildman–Crippen LogP) is 3.45. The molecule has 0 bridgehead atoms. The molecule has 0 aromatic heterocycles. The quantitative estimate of drug-likeness (QED) is 0.686. The first-order valence-corrected chi connectivity index (χ1v) is 13.5. The third kappa shape index (κ3) is 5.50. The average Bonchev–Trinajstić information content (AvgIpc) is 2.77. The van der Waals surface area contributed by atoms with E-state index in [1.54, 1.807) is 4.31 Å². The van der Waals surface area contributed by atoms with Gasteiger partial charge in [0.05, 0.1) is 12.4 Å². The number of hydrogen-bond donors (Lipinski definition) is 1. The number of benzene rings is 2. The van der Waals surface area contributed by atoms with Crippen LogP contribution in [0, 0.1) is 17.8 Å². The lowest BCUT2D eigenvalue weighted by Gasteiger charge is -2.57. The second kappa shape index (κ2) is 10.4. The second-order valence-corrected chi connectivity index (χ2v) is 11.4. The van der Waals surface area contributed by atoms with E-state index < -0.39 is 10.0 Å². The molecule has 2 aliphatic rings. The molecule has 0 spiro atoms. The van der Waals surface area contributed by atoms with Gasteiger partial charge in [-0.15, -0.1) is 0 Å². The van der Waals surface area contributed by atoms with Crippen LogP contribution < -0.4 is 0 Å². The van der Waals surface area contributed by atoms with Crippen molar-refractivity contribution in [2.45, 2.75) is 50.4 Å². The first kappa shape index (κ1) is 24.0. The standard InChI is InChI=1S/C27H34N2O3S/c1-21(2)10-11-22-12-14-24(15-13-22)27-25-18-28(16-6-7-17-29(25)26(27)19-30)33(31,32)20-23-8-4-3-5-9-23/h3-5,8-9,12-15,21,25-27,30H,6-7,16-20H2,1-2H3/t25-,26+,27+/m1/s1. The summed E-state index contributed by atoms with van der Waals surface area (Å²) in [4.78, 5) is 2.31. The third-order valence-electron chi connectivity index (χ3n) is 6.72. The van der Waals surface area contributed by atoms with E-state index in [0.29, 0.717) is 19.0 Å². The van der Waals surface area contributed by atoms with E-state index in [1.165, 1.54) is 0 Å². The van der Waals surface area contributed by atoms with Crippen LogP contribution >= 0.6 is 0 Å². The summed E-state index contributed by atoms with van der Waals surface area (Å²) >= 11 is 0. The Morgan fingerprint density at radius 2 is 1.73 bits per heavy atom. The van der Waals surface area contributed by atoms with Crippen molar-refractivity contribution < 1.29 is 13.5 Å². The van der Waals surface area contributed by atoms with Crippen LogP contribution in [0.25, 0.3) is 0 Å². The highest BCUT2D eigenvalue weighted by molar-refractivity contribution is 7.88. The lowest BCUT2D eigenvalue weighted by Crippen LogP contribution is -2.67. The van der Waals surface area contributed by atoms with Crippen molar-refractivity contribution in [2.24, 2.45) is 5.92 Å². The monoisotopic (exact) mass is 466 g/mol. The zero-order chi connectivity index (χ0) is 23.4. The summed E-state index contributed by atoms with van der Waals surface area (Å²) in [5, 5.41) is 10.1. The van der Waals surface area contributed by atoms with Crippen molar-refractivity contribution in [1.29, 1.82) is 0 Å². The Morgan fingerprint density at radius 3 is 2.39 bits per heavy atom. The summed E-state index contributed by atoms with van der Waals surface area (Å²) in [5.74, 6) is 6.84. The van der Waals surface area contributed by atoms with Crippen molar-refractivity contribution in [3.05, 3.63) is 71.3 Å². The van der Waals surface area contributed by atoms with E-state index in [9.17, 15) is 13.5 Å². The van der Waals surface area contributed by atoms with Gasteiger partial charge in [0.1, 0.15) is 0 Å². The fraction of sp³-hybridized carbons (Fsp3) is 0.481. The van der Waals surface area contributed by atoms with Gasteiger partial charge in [0, 0.05) is 42.6 Å². The van der Waals surface area contributed by atoms with Gasteiger partial charge in [0.15, 0.2) is 0 Å². The van der Waals surface area contributed by atoms with E-state index in [4.69, 9.17) is 0 Å². The van der Waals surface area contributed by atoms with Crippen molar-refractivity contribution in [3.63, 3.8) is 0 Å². The maximum Gasteiger partial charge on any atom is 0.218 e. The van der Waals surface area contributed by atoms with Crippen molar-refractivity contribution in [3.8, 4) is 11.8 Å². The van der Waals surface area contributed by atoms with Crippen LogP contribution in [0.5, 0.6) is 0 Å². The zero-order valence-corrected chi connectivity index (χ0v) is 20.3. The number of nitrogens with zero attached hydrogens (tertiary/aromatic N) is 2. The molecular formula is C27H34N2O3S. The minimum atomic E-state index is -3.42. The Bertz CT molecular complexity index is 1090. The molecule has 1 N–H and O–H groups in total. The number of rotatable bonds is 5. The molecule has 3 atom stereocenters. The Balaban J connectivity index is 1.55. The van der Waals surface area contributed by atoms with Crippen LogP contribution in [-0.2, 0) is 15.8 Å². The SMILES string of the molecule is CC(C)C#Cc1ccc([C@H]2[C@H]3CN(S(=O)(=O)Cc4ccccc4)CCCCN3[C@H]2CO)cc1. The van der Waals surface area contributed by atoms with Gasteiger partial charge in [-0.3, -0.25) is 4.90 Å². The van der Waals surface area contributed by atoms with Gasteiger partial charge >= 0.3 is 0 Å². The largest absolute Gasteiger partial charge is 0.395 e. The van der Waals surface area contributed by atoms with Gasteiger partial charge in [-0.2, -0.15) is 0 Å². The molecule has 2 aromatic carbocycles. The van der Waals surface area contributed by atoms with E-state index in [2.05, 4.69) is 42.7 Å². The number of fused-ring (bicyclic) bond motifs is 1. The summed E-state index contributed by atoms with van der Waals surface area (Å²) in [6, 6.07) is 17.7. The summed E-state index contributed by atoms with van der Waals surface area (Å²) in [6.07, 6.45) is 1.77. The summed E-state index contributed by atoms with van der Waals surface area (Å²) in [5.41, 5.74) is 2.94. The van der Waals surface area contributed by atoms with E-state index in [0.717, 1.165) is 36.1 Å². The molecule has 0 unspecified atom stereocenters. The molecule has 2 fully saturated rings.